The molecular formula is C9H8F4O4. The molecule has 0 bridgehead atoms. The Bertz CT molecular complexity index is 349. The lowest BCUT2D eigenvalue weighted by Gasteiger charge is -2.25. The minimum absolute atomic E-state index is 0.191. The van der Waals surface area contributed by atoms with Crippen molar-refractivity contribution in [3.05, 3.63) is 12.2 Å². The summed E-state index contributed by atoms with van der Waals surface area (Å²) >= 11 is 0. The molecule has 2 atom stereocenters. The topological polar surface area (TPSA) is 52.6 Å². The van der Waals surface area contributed by atoms with Crippen LogP contribution in [-0.4, -0.2) is 37.0 Å². The second kappa shape index (κ2) is 4.72. The lowest BCUT2D eigenvalue weighted by atomic mass is 10.1. The van der Waals surface area contributed by atoms with E-state index < -0.39 is 36.0 Å². The molecule has 17 heavy (non-hydrogen) atoms. The SMILES string of the molecule is C=C(C(=O)OC1CCOC(=O)C1F)C(F)(F)F. The van der Waals surface area contributed by atoms with Crippen LogP contribution in [0.1, 0.15) is 6.42 Å². The van der Waals surface area contributed by atoms with E-state index in [0.29, 0.717) is 0 Å². The number of esters is 2. The van der Waals surface area contributed by atoms with Crippen LogP contribution in [0.5, 0.6) is 0 Å². The van der Waals surface area contributed by atoms with Gasteiger partial charge in [-0.25, -0.2) is 14.0 Å². The van der Waals surface area contributed by atoms with Gasteiger partial charge in [-0.2, -0.15) is 13.2 Å². The quantitative estimate of drug-likeness (QED) is 0.424. The van der Waals surface area contributed by atoms with Gasteiger partial charge in [0.1, 0.15) is 11.7 Å². The molecule has 0 aliphatic carbocycles. The molecule has 1 rings (SSSR count). The van der Waals surface area contributed by atoms with E-state index in [4.69, 9.17) is 0 Å². The van der Waals surface area contributed by atoms with E-state index >= 15 is 0 Å². The van der Waals surface area contributed by atoms with Crippen molar-refractivity contribution in [3.63, 3.8) is 0 Å². The molecule has 96 valence electrons. The van der Waals surface area contributed by atoms with E-state index in [1.54, 1.807) is 0 Å². The average Bonchev–Trinajstić information content (AvgIpc) is 2.22. The smallest absolute Gasteiger partial charge is 0.422 e. The van der Waals surface area contributed by atoms with Crippen molar-refractivity contribution in [2.75, 3.05) is 6.61 Å². The Kier molecular flexibility index (Phi) is 3.74. The third-order valence-corrected chi connectivity index (χ3v) is 2.05. The summed E-state index contributed by atoms with van der Waals surface area (Å²) < 4.78 is 57.7. The highest BCUT2D eigenvalue weighted by atomic mass is 19.4. The number of ether oxygens (including phenoxy) is 2. The van der Waals surface area contributed by atoms with Gasteiger partial charge in [-0.15, -0.1) is 0 Å². The summed E-state index contributed by atoms with van der Waals surface area (Å²) in [6.45, 7) is 2.28. The van der Waals surface area contributed by atoms with E-state index in [1.807, 2.05) is 0 Å². The van der Waals surface area contributed by atoms with Crippen LogP contribution >= 0.6 is 0 Å². The summed E-state index contributed by atoms with van der Waals surface area (Å²) in [7, 11) is 0. The van der Waals surface area contributed by atoms with Crippen molar-refractivity contribution >= 4 is 11.9 Å². The number of carbonyl (C=O) groups is 2. The third kappa shape index (κ3) is 3.18. The van der Waals surface area contributed by atoms with Gasteiger partial charge in [-0.05, 0) is 0 Å². The minimum atomic E-state index is -4.95. The maximum atomic E-state index is 13.1. The Morgan fingerprint density at radius 3 is 2.59 bits per heavy atom. The molecule has 8 heteroatoms. The molecule has 1 heterocycles. The molecule has 0 aromatic rings. The molecule has 1 aliphatic heterocycles. The number of hydrogen-bond acceptors (Lipinski definition) is 4. The van der Waals surface area contributed by atoms with Crippen molar-refractivity contribution < 1.29 is 36.6 Å². The van der Waals surface area contributed by atoms with Crippen molar-refractivity contribution in [2.24, 2.45) is 0 Å². The summed E-state index contributed by atoms with van der Waals surface area (Å²) in [4.78, 5) is 21.7. The molecule has 0 radical (unpaired) electrons. The molecule has 1 saturated heterocycles. The Morgan fingerprint density at radius 1 is 1.47 bits per heavy atom. The first-order valence-electron chi connectivity index (χ1n) is 4.51. The zero-order valence-corrected chi connectivity index (χ0v) is 8.42. The predicted molar refractivity (Wildman–Crippen MR) is 45.5 cm³/mol. The van der Waals surface area contributed by atoms with Gasteiger partial charge in [-0.3, -0.25) is 0 Å². The summed E-state index contributed by atoms with van der Waals surface area (Å²) in [6, 6.07) is 0. The molecule has 0 amide bonds. The van der Waals surface area contributed by atoms with E-state index in [1.165, 1.54) is 0 Å². The Labute approximate surface area is 93.2 Å². The normalized spacial score (nSPS) is 25.1. The highest BCUT2D eigenvalue weighted by molar-refractivity contribution is 5.89. The largest absolute Gasteiger partial charge is 0.463 e. The molecule has 1 aliphatic rings. The lowest BCUT2D eigenvalue weighted by Crippen LogP contribution is -2.41. The van der Waals surface area contributed by atoms with Crippen LogP contribution in [0.3, 0.4) is 0 Å². The second-order valence-corrected chi connectivity index (χ2v) is 3.28. The first kappa shape index (κ1) is 13.5. The molecule has 0 spiro atoms. The van der Waals surface area contributed by atoms with E-state index in [9.17, 15) is 27.2 Å². The van der Waals surface area contributed by atoms with Crippen LogP contribution in [0.15, 0.2) is 12.2 Å². The lowest BCUT2D eigenvalue weighted by molar-refractivity contribution is -0.174. The van der Waals surface area contributed by atoms with Gasteiger partial charge in [-0.1, -0.05) is 6.58 Å². The fraction of sp³-hybridized carbons (Fsp3) is 0.556. The molecule has 0 saturated carbocycles. The van der Waals surface area contributed by atoms with Gasteiger partial charge in [0.15, 0.2) is 0 Å². The first-order valence-corrected chi connectivity index (χ1v) is 4.51. The Hall–Kier alpha value is -1.60. The van der Waals surface area contributed by atoms with Crippen LogP contribution in [0, 0.1) is 0 Å². The van der Waals surface area contributed by atoms with Gasteiger partial charge in [0, 0.05) is 6.42 Å². The molecule has 0 N–H and O–H groups in total. The predicted octanol–water partition coefficient (Wildman–Crippen LogP) is 1.30. The van der Waals surface area contributed by atoms with Crippen molar-refractivity contribution in [1.82, 2.24) is 0 Å². The fourth-order valence-corrected chi connectivity index (χ4v) is 1.10. The van der Waals surface area contributed by atoms with Crippen LogP contribution in [0.25, 0.3) is 0 Å². The van der Waals surface area contributed by atoms with Crippen LogP contribution < -0.4 is 0 Å². The number of cyclic esters (lactones) is 1. The van der Waals surface area contributed by atoms with E-state index in [0.717, 1.165) is 0 Å². The Morgan fingerprint density at radius 2 is 2.06 bits per heavy atom. The molecule has 2 unspecified atom stereocenters. The first-order chi connectivity index (χ1) is 7.73. The average molecular weight is 256 g/mol. The number of carbonyl (C=O) groups excluding carboxylic acids is 2. The van der Waals surface area contributed by atoms with Crippen molar-refractivity contribution in [2.45, 2.75) is 24.9 Å². The number of rotatable bonds is 2. The third-order valence-electron chi connectivity index (χ3n) is 2.05. The van der Waals surface area contributed by atoms with Crippen molar-refractivity contribution in [3.8, 4) is 0 Å². The van der Waals surface area contributed by atoms with E-state index in [2.05, 4.69) is 16.1 Å². The molecule has 4 nitrogen and oxygen atoms in total. The Balaban J connectivity index is 2.63. The highest BCUT2D eigenvalue weighted by Crippen LogP contribution is 2.26. The van der Waals surface area contributed by atoms with E-state index in [-0.39, 0.29) is 13.0 Å². The standard InChI is InChI=1S/C9H8F4O4/c1-4(9(11,12)13)7(14)17-5-2-3-16-8(15)6(5)10/h5-6H,1-3H2. The van der Waals surface area contributed by atoms with Crippen LogP contribution in [0.2, 0.25) is 0 Å². The van der Waals surface area contributed by atoms with Crippen LogP contribution in [0.4, 0.5) is 17.6 Å². The van der Waals surface area contributed by atoms with Gasteiger partial charge in [0.2, 0.25) is 6.17 Å². The molecule has 0 aromatic heterocycles. The van der Waals surface area contributed by atoms with Gasteiger partial charge in [0.05, 0.1) is 6.61 Å². The van der Waals surface area contributed by atoms with Crippen molar-refractivity contribution in [1.29, 1.82) is 0 Å². The van der Waals surface area contributed by atoms with Gasteiger partial charge >= 0.3 is 18.1 Å². The zero-order valence-electron chi connectivity index (χ0n) is 8.42. The highest BCUT2D eigenvalue weighted by Gasteiger charge is 2.42. The zero-order chi connectivity index (χ0) is 13.2. The monoisotopic (exact) mass is 256 g/mol. The molecule has 0 aromatic carbocycles. The van der Waals surface area contributed by atoms with Gasteiger partial charge < -0.3 is 9.47 Å². The number of hydrogen-bond donors (Lipinski definition) is 0. The summed E-state index contributed by atoms with van der Waals surface area (Å²) in [5.74, 6) is -3.05. The summed E-state index contributed by atoms with van der Waals surface area (Å²) in [6.07, 6.45) is -8.97. The number of alkyl halides is 4. The minimum Gasteiger partial charge on any atom is -0.463 e. The summed E-state index contributed by atoms with van der Waals surface area (Å²) in [5, 5.41) is 0. The maximum Gasteiger partial charge on any atom is 0.422 e. The van der Waals surface area contributed by atoms with Gasteiger partial charge in [0.25, 0.3) is 0 Å². The summed E-state index contributed by atoms with van der Waals surface area (Å²) in [5.41, 5.74) is -1.75. The maximum absolute atomic E-state index is 13.1. The number of halogens is 4. The molecule has 1 fully saturated rings. The molecular weight excluding hydrogens is 248 g/mol. The van der Waals surface area contributed by atoms with Crippen LogP contribution in [-0.2, 0) is 19.1 Å². The fourth-order valence-electron chi connectivity index (χ4n) is 1.10. The second-order valence-electron chi connectivity index (χ2n) is 3.28.